The lowest BCUT2D eigenvalue weighted by Gasteiger charge is -2.09. The quantitative estimate of drug-likeness (QED) is 0.802. The molecule has 1 amide bonds. The largest absolute Gasteiger partial charge is 0.348 e. The Morgan fingerprint density at radius 3 is 2.82 bits per heavy atom. The van der Waals surface area contributed by atoms with Gasteiger partial charge in [-0.15, -0.1) is 5.10 Å². The smallest absolute Gasteiger partial charge is 0.253 e. The fourth-order valence-corrected chi connectivity index (χ4v) is 2.27. The minimum Gasteiger partial charge on any atom is -0.348 e. The number of carbonyl (C=O) groups is 1. The van der Waals surface area contributed by atoms with Crippen LogP contribution in [0.2, 0.25) is 5.02 Å². The van der Waals surface area contributed by atoms with Crippen molar-refractivity contribution < 1.29 is 4.79 Å². The third kappa shape index (κ3) is 3.12. The predicted molar refractivity (Wildman–Crippen MR) is 81.8 cm³/mol. The average Bonchev–Trinajstić information content (AvgIpc) is 3.07. The van der Waals surface area contributed by atoms with E-state index in [9.17, 15) is 4.79 Å². The summed E-state index contributed by atoms with van der Waals surface area (Å²) in [4.78, 5) is 12.4. The van der Waals surface area contributed by atoms with Gasteiger partial charge in [0, 0.05) is 11.6 Å². The monoisotopic (exact) mass is 313 g/mol. The first-order valence-corrected chi connectivity index (χ1v) is 6.97. The molecule has 0 radical (unpaired) electrons. The van der Waals surface area contributed by atoms with Crippen LogP contribution in [-0.4, -0.2) is 26.1 Å². The Hall–Kier alpha value is -2.73. The molecule has 0 saturated carbocycles. The van der Waals surface area contributed by atoms with Crippen LogP contribution >= 0.6 is 11.6 Å². The van der Waals surface area contributed by atoms with Crippen LogP contribution in [0.4, 0.5) is 0 Å². The Labute approximate surface area is 131 Å². The zero-order chi connectivity index (χ0) is 15.4. The van der Waals surface area contributed by atoms with E-state index in [4.69, 9.17) is 11.6 Å². The standard InChI is InChI=1S/C15H12ClN5O/c16-12-5-3-4-11(8-12)9-17-15(22)13-6-1-2-7-14(13)21-10-18-19-20-21/h1-8,10H,9H2,(H,17,22). The van der Waals surface area contributed by atoms with Gasteiger partial charge < -0.3 is 5.32 Å². The maximum absolute atomic E-state index is 12.4. The Morgan fingerprint density at radius 2 is 2.05 bits per heavy atom. The molecular weight excluding hydrogens is 302 g/mol. The van der Waals surface area contributed by atoms with Crippen molar-refractivity contribution in [3.05, 3.63) is 71.0 Å². The van der Waals surface area contributed by atoms with Crippen molar-refractivity contribution >= 4 is 17.5 Å². The molecule has 6 nitrogen and oxygen atoms in total. The lowest BCUT2D eigenvalue weighted by atomic mass is 10.1. The molecule has 0 atom stereocenters. The molecular formula is C15H12ClN5O. The first kappa shape index (κ1) is 14.2. The Kier molecular flexibility index (Phi) is 4.11. The fourth-order valence-electron chi connectivity index (χ4n) is 2.06. The van der Waals surface area contributed by atoms with E-state index in [1.807, 2.05) is 24.3 Å². The lowest BCUT2D eigenvalue weighted by Crippen LogP contribution is -2.24. The fraction of sp³-hybridized carbons (Fsp3) is 0.0667. The highest BCUT2D eigenvalue weighted by Crippen LogP contribution is 2.14. The minimum absolute atomic E-state index is 0.203. The van der Waals surface area contributed by atoms with Crippen LogP contribution in [0.3, 0.4) is 0 Å². The number of amides is 1. The molecule has 1 N–H and O–H groups in total. The number of halogens is 1. The molecule has 0 aliphatic carbocycles. The highest BCUT2D eigenvalue weighted by molar-refractivity contribution is 6.30. The number of benzene rings is 2. The molecule has 0 aliphatic heterocycles. The number of tetrazole rings is 1. The zero-order valence-electron chi connectivity index (χ0n) is 11.5. The molecule has 1 heterocycles. The number of hydrogen-bond donors (Lipinski definition) is 1. The van der Waals surface area contributed by atoms with Gasteiger partial charge in [-0.2, -0.15) is 4.68 Å². The van der Waals surface area contributed by atoms with Crippen molar-refractivity contribution in [3.63, 3.8) is 0 Å². The molecule has 0 spiro atoms. The van der Waals surface area contributed by atoms with Crippen molar-refractivity contribution in [2.45, 2.75) is 6.54 Å². The molecule has 3 aromatic rings. The summed E-state index contributed by atoms with van der Waals surface area (Å²) in [5, 5.41) is 14.5. The summed E-state index contributed by atoms with van der Waals surface area (Å²) in [5.41, 5.74) is 2.05. The van der Waals surface area contributed by atoms with E-state index < -0.39 is 0 Å². The average molecular weight is 314 g/mol. The molecule has 0 aliphatic rings. The van der Waals surface area contributed by atoms with Crippen LogP contribution in [-0.2, 0) is 6.54 Å². The van der Waals surface area contributed by atoms with Gasteiger partial charge in [-0.1, -0.05) is 35.9 Å². The van der Waals surface area contributed by atoms with Crippen molar-refractivity contribution in [3.8, 4) is 5.69 Å². The van der Waals surface area contributed by atoms with Gasteiger partial charge in [-0.25, -0.2) is 0 Å². The summed E-state index contributed by atoms with van der Waals surface area (Å²) < 4.78 is 1.45. The van der Waals surface area contributed by atoms with Crippen LogP contribution in [0, 0.1) is 0 Å². The maximum Gasteiger partial charge on any atom is 0.253 e. The summed E-state index contributed by atoms with van der Waals surface area (Å²) in [5.74, 6) is -0.203. The third-order valence-corrected chi connectivity index (χ3v) is 3.32. The van der Waals surface area contributed by atoms with E-state index in [-0.39, 0.29) is 5.91 Å². The van der Waals surface area contributed by atoms with Gasteiger partial charge in [-0.05, 0) is 40.3 Å². The van der Waals surface area contributed by atoms with Gasteiger partial charge in [0.25, 0.3) is 5.91 Å². The number of carbonyl (C=O) groups excluding carboxylic acids is 1. The lowest BCUT2D eigenvalue weighted by molar-refractivity contribution is 0.0950. The highest BCUT2D eigenvalue weighted by Gasteiger charge is 2.12. The predicted octanol–water partition coefficient (Wildman–Crippen LogP) is 2.25. The van der Waals surface area contributed by atoms with E-state index in [0.29, 0.717) is 22.8 Å². The number of nitrogens with zero attached hydrogens (tertiary/aromatic N) is 4. The van der Waals surface area contributed by atoms with Crippen molar-refractivity contribution in [1.82, 2.24) is 25.5 Å². The first-order chi connectivity index (χ1) is 10.7. The molecule has 110 valence electrons. The third-order valence-electron chi connectivity index (χ3n) is 3.09. The Bertz CT molecular complexity index is 788. The SMILES string of the molecule is O=C(NCc1cccc(Cl)c1)c1ccccc1-n1cnnn1. The number of hydrogen-bond acceptors (Lipinski definition) is 4. The van der Waals surface area contributed by atoms with E-state index in [2.05, 4.69) is 20.8 Å². The molecule has 3 rings (SSSR count). The van der Waals surface area contributed by atoms with Crippen LogP contribution in [0.25, 0.3) is 5.69 Å². The van der Waals surface area contributed by atoms with E-state index in [1.54, 1.807) is 24.3 Å². The molecule has 0 saturated heterocycles. The van der Waals surface area contributed by atoms with E-state index in [1.165, 1.54) is 11.0 Å². The molecule has 2 aromatic carbocycles. The number of nitrogens with one attached hydrogen (secondary N) is 1. The van der Waals surface area contributed by atoms with Gasteiger partial charge >= 0.3 is 0 Å². The van der Waals surface area contributed by atoms with E-state index >= 15 is 0 Å². The summed E-state index contributed by atoms with van der Waals surface area (Å²) in [7, 11) is 0. The van der Waals surface area contributed by atoms with E-state index in [0.717, 1.165) is 5.56 Å². The summed E-state index contributed by atoms with van der Waals surface area (Å²) in [6.45, 7) is 0.392. The normalized spacial score (nSPS) is 10.4. The Balaban J connectivity index is 1.78. The van der Waals surface area contributed by atoms with Gasteiger partial charge in [0.15, 0.2) is 0 Å². The second-order valence-corrected chi connectivity index (χ2v) is 5.02. The maximum atomic E-state index is 12.4. The van der Waals surface area contributed by atoms with Crippen LogP contribution < -0.4 is 5.32 Å². The van der Waals surface area contributed by atoms with Gasteiger partial charge in [0.1, 0.15) is 6.33 Å². The van der Waals surface area contributed by atoms with Gasteiger partial charge in [0.05, 0.1) is 11.3 Å². The minimum atomic E-state index is -0.203. The second kappa shape index (κ2) is 6.36. The number of rotatable bonds is 4. The van der Waals surface area contributed by atoms with Crippen LogP contribution in [0.15, 0.2) is 54.9 Å². The van der Waals surface area contributed by atoms with Crippen LogP contribution in [0.1, 0.15) is 15.9 Å². The molecule has 0 bridgehead atoms. The topological polar surface area (TPSA) is 72.7 Å². The highest BCUT2D eigenvalue weighted by atomic mass is 35.5. The zero-order valence-corrected chi connectivity index (χ0v) is 12.2. The molecule has 0 unspecified atom stereocenters. The molecule has 7 heteroatoms. The molecule has 1 aromatic heterocycles. The summed E-state index contributed by atoms with van der Waals surface area (Å²) in [6, 6.07) is 14.5. The van der Waals surface area contributed by atoms with Crippen LogP contribution in [0.5, 0.6) is 0 Å². The number of para-hydroxylation sites is 1. The van der Waals surface area contributed by atoms with Crippen molar-refractivity contribution in [2.24, 2.45) is 0 Å². The van der Waals surface area contributed by atoms with Gasteiger partial charge in [-0.3, -0.25) is 4.79 Å². The Morgan fingerprint density at radius 1 is 1.18 bits per heavy atom. The van der Waals surface area contributed by atoms with Gasteiger partial charge in [0.2, 0.25) is 0 Å². The summed E-state index contributed by atoms with van der Waals surface area (Å²) in [6.07, 6.45) is 1.45. The number of aromatic nitrogens is 4. The molecule has 22 heavy (non-hydrogen) atoms. The first-order valence-electron chi connectivity index (χ1n) is 6.59. The van der Waals surface area contributed by atoms with Crippen molar-refractivity contribution in [1.29, 1.82) is 0 Å². The molecule has 0 fully saturated rings. The summed E-state index contributed by atoms with van der Waals surface area (Å²) >= 11 is 5.93. The van der Waals surface area contributed by atoms with Crippen molar-refractivity contribution in [2.75, 3.05) is 0 Å². The second-order valence-electron chi connectivity index (χ2n) is 4.58.